The highest BCUT2D eigenvalue weighted by Gasteiger charge is 2.41. The first-order chi connectivity index (χ1) is 20.7. The van der Waals surface area contributed by atoms with E-state index in [1.807, 2.05) is 12.8 Å². The smallest absolute Gasteiger partial charge is 0.429 e. The Morgan fingerprint density at radius 2 is 1.16 bits per heavy atom. The molecular formula is C32H19F11O. The fraction of sp³-hybridized carbons (Fsp3) is 0.188. The summed E-state index contributed by atoms with van der Waals surface area (Å²) < 4.78 is 161. The monoisotopic (exact) mass is 628 g/mol. The summed E-state index contributed by atoms with van der Waals surface area (Å²) in [5.74, 6) is -11.6. The van der Waals surface area contributed by atoms with Crippen molar-refractivity contribution in [2.75, 3.05) is 0 Å². The largest absolute Gasteiger partial charge is 0.432 e. The Balaban J connectivity index is 1.59. The van der Waals surface area contributed by atoms with Crippen LogP contribution in [0.3, 0.4) is 0 Å². The Hall–Kier alpha value is -4.53. The molecule has 0 atom stereocenters. The van der Waals surface area contributed by atoms with Gasteiger partial charge in [-0.25, -0.2) is 39.5 Å². The second kappa shape index (κ2) is 13.0. The van der Waals surface area contributed by atoms with Crippen LogP contribution in [-0.2, 0) is 12.5 Å². The van der Waals surface area contributed by atoms with Crippen LogP contribution in [-0.4, -0.2) is 0 Å². The van der Waals surface area contributed by atoms with Crippen molar-refractivity contribution in [3.8, 4) is 28.7 Å². The van der Waals surface area contributed by atoms with Gasteiger partial charge in [0.15, 0.2) is 17.5 Å². The van der Waals surface area contributed by atoms with Gasteiger partial charge >= 0.3 is 6.11 Å². The fourth-order valence-corrected chi connectivity index (χ4v) is 4.31. The van der Waals surface area contributed by atoms with E-state index in [4.69, 9.17) is 0 Å². The average molecular weight is 628 g/mol. The molecule has 0 aliphatic rings. The number of halogens is 11. The molecule has 0 saturated heterocycles. The lowest BCUT2D eigenvalue weighted by molar-refractivity contribution is -0.189. The van der Waals surface area contributed by atoms with Crippen LogP contribution in [0.25, 0.3) is 11.1 Å². The predicted molar refractivity (Wildman–Crippen MR) is 138 cm³/mol. The zero-order valence-electron chi connectivity index (χ0n) is 22.5. The second-order valence-electron chi connectivity index (χ2n) is 9.59. The lowest BCUT2D eigenvalue weighted by Gasteiger charge is -2.20. The summed E-state index contributed by atoms with van der Waals surface area (Å²) in [7, 11) is 0. The van der Waals surface area contributed by atoms with E-state index in [0.717, 1.165) is 25.0 Å². The lowest BCUT2D eigenvalue weighted by Crippen LogP contribution is -2.25. The van der Waals surface area contributed by atoms with Gasteiger partial charge in [0.1, 0.15) is 46.2 Å². The van der Waals surface area contributed by atoms with Crippen molar-refractivity contribution >= 4 is 0 Å². The fourth-order valence-electron chi connectivity index (χ4n) is 4.31. The number of benzene rings is 4. The molecule has 44 heavy (non-hydrogen) atoms. The number of rotatable bonds is 8. The van der Waals surface area contributed by atoms with Gasteiger partial charge in [0.2, 0.25) is 0 Å². The van der Waals surface area contributed by atoms with Crippen LogP contribution in [0.1, 0.15) is 48.4 Å². The molecule has 0 fully saturated rings. The predicted octanol–water partition coefficient (Wildman–Crippen LogP) is 9.87. The average Bonchev–Trinajstić information content (AvgIpc) is 2.90. The highest BCUT2D eigenvalue weighted by Crippen LogP contribution is 2.37. The van der Waals surface area contributed by atoms with Crippen LogP contribution in [0.2, 0.25) is 0 Å². The molecule has 0 amide bonds. The van der Waals surface area contributed by atoms with Gasteiger partial charge in [-0.2, -0.15) is 8.78 Å². The van der Waals surface area contributed by atoms with Crippen LogP contribution < -0.4 is 4.74 Å². The molecule has 4 aromatic rings. The summed E-state index contributed by atoms with van der Waals surface area (Å²) >= 11 is 0. The van der Waals surface area contributed by atoms with Crippen LogP contribution >= 0.6 is 0 Å². The minimum absolute atomic E-state index is 0.140. The highest BCUT2D eigenvalue weighted by molar-refractivity contribution is 5.66. The number of unbranched alkanes of at least 4 members (excludes halogenated alkanes) is 2. The van der Waals surface area contributed by atoms with Crippen molar-refractivity contribution in [2.24, 2.45) is 0 Å². The maximum absolute atomic E-state index is 14.7. The molecule has 4 aromatic carbocycles. The van der Waals surface area contributed by atoms with Gasteiger partial charge in [0.25, 0.3) is 0 Å². The third-order valence-corrected chi connectivity index (χ3v) is 6.37. The Morgan fingerprint density at radius 1 is 0.614 bits per heavy atom. The molecule has 230 valence electrons. The lowest BCUT2D eigenvalue weighted by atomic mass is 10.0. The van der Waals surface area contributed by atoms with Crippen LogP contribution in [0.4, 0.5) is 48.3 Å². The summed E-state index contributed by atoms with van der Waals surface area (Å²) in [6, 6.07) is 3.81. The molecule has 0 spiro atoms. The third kappa shape index (κ3) is 6.98. The molecule has 0 saturated carbocycles. The zero-order chi connectivity index (χ0) is 32.3. The Bertz CT molecular complexity index is 1700. The first kappa shape index (κ1) is 32.4. The number of hydrogen-bond acceptors (Lipinski definition) is 1. The Labute approximate surface area is 243 Å². The van der Waals surface area contributed by atoms with Gasteiger partial charge in [-0.3, -0.25) is 0 Å². The van der Waals surface area contributed by atoms with E-state index in [0.29, 0.717) is 30.7 Å². The standard InChI is InChI=1S/C32H19F11O/c1-2-3-4-5-16-10-25(37)30(26(38)11-16)32(42,43)44-19-14-21(33)20(22(34)15-19)7-6-17-8-23(35)29(24(36)9-17)18-12-27(39)31(41)28(40)13-18/h8-15H,2-5H2,1H3. The van der Waals surface area contributed by atoms with Crippen molar-refractivity contribution in [2.45, 2.75) is 38.7 Å². The molecule has 4 rings (SSSR count). The summed E-state index contributed by atoms with van der Waals surface area (Å²) in [4.78, 5) is 0. The van der Waals surface area contributed by atoms with E-state index in [2.05, 4.69) is 10.7 Å². The summed E-state index contributed by atoms with van der Waals surface area (Å²) in [6.45, 7) is 1.90. The third-order valence-electron chi connectivity index (χ3n) is 6.37. The molecular weight excluding hydrogens is 609 g/mol. The van der Waals surface area contributed by atoms with Gasteiger partial charge in [-0.1, -0.05) is 31.6 Å². The molecule has 0 aliphatic heterocycles. The SMILES string of the molecule is CCCCCc1cc(F)c(C(F)(F)Oc2cc(F)c(C#Cc3cc(F)c(-c4cc(F)c(F)c(F)c4)c(F)c3)c(F)c2)c(F)c1. The second-order valence-corrected chi connectivity index (χ2v) is 9.59. The molecule has 1 nitrogen and oxygen atoms in total. The molecule has 0 N–H and O–H groups in total. The van der Waals surface area contributed by atoms with E-state index in [-0.39, 0.29) is 24.1 Å². The van der Waals surface area contributed by atoms with Gasteiger partial charge in [-0.15, -0.1) is 0 Å². The van der Waals surface area contributed by atoms with E-state index in [1.54, 1.807) is 0 Å². The van der Waals surface area contributed by atoms with E-state index >= 15 is 0 Å². The maximum atomic E-state index is 14.7. The Kier molecular flexibility index (Phi) is 9.56. The summed E-state index contributed by atoms with van der Waals surface area (Å²) in [5, 5.41) is 0. The number of aryl methyl sites for hydroxylation is 1. The topological polar surface area (TPSA) is 9.23 Å². The molecule has 0 unspecified atom stereocenters. The molecule has 0 aliphatic carbocycles. The van der Waals surface area contributed by atoms with E-state index in [1.165, 1.54) is 0 Å². The van der Waals surface area contributed by atoms with Crippen LogP contribution in [0.5, 0.6) is 5.75 Å². The van der Waals surface area contributed by atoms with E-state index in [9.17, 15) is 48.3 Å². The van der Waals surface area contributed by atoms with Crippen molar-refractivity contribution in [1.29, 1.82) is 0 Å². The Morgan fingerprint density at radius 3 is 1.68 bits per heavy atom. The minimum Gasteiger partial charge on any atom is -0.429 e. The summed E-state index contributed by atoms with van der Waals surface area (Å²) in [5.41, 5.74) is -4.78. The summed E-state index contributed by atoms with van der Waals surface area (Å²) in [6.07, 6.45) is -2.30. The normalized spacial score (nSPS) is 11.4. The van der Waals surface area contributed by atoms with Crippen molar-refractivity contribution in [3.63, 3.8) is 0 Å². The molecule has 0 radical (unpaired) electrons. The van der Waals surface area contributed by atoms with Gasteiger partial charge in [0, 0.05) is 17.7 Å². The number of alkyl halides is 2. The first-order valence-electron chi connectivity index (χ1n) is 12.9. The van der Waals surface area contributed by atoms with Gasteiger partial charge < -0.3 is 4.74 Å². The van der Waals surface area contributed by atoms with Crippen molar-refractivity contribution in [3.05, 3.63) is 123 Å². The van der Waals surface area contributed by atoms with Crippen molar-refractivity contribution < 1.29 is 53.0 Å². The van der Waals surface area contributed by atoms with Gasteiger partial charge in [-0.05, 0) is 60.4 Å². The maximum Gasteiger partial charge on any atom is 0.432 e. The van der Waals surface area contributed by atoms with Crippen LogP contribution in [0.15, 0.2) is 48.5 Å². The van der Waals surface area contributed by atoms with Crippen LogP contribution in [0, 0.1) is 64.2 Å². The molecule has 0 aromatic heterocycles. The number of hydrogen-bond donors (Lipinski definition) is 0. The zero-order valence-corrected chi connectivity index (χ0v) is 22.5. The minimum atomic E-state index is -4.69. The number of ether oxygens (including phenoxy) is 1. The molecule has 12 heteroatoms. The van der Waals surface area contributed by atoms with E-state index < -0.39 is 92.0 Å². The quantitative estimate of drug-likeness (QED) is 0.0817. The highest BCUT2D eigenvalue weighted by atomic mass is 19.3. The molecule has 0 bridgehead atoms. The van der Waals surface area contributed by atoms with Crippen molar-refractivity contribution in [1.82, 2.24) is 0 Å². The van der Waals surface area contributed by atoms with Gasteiger partial charge in [0.05, 0.1) is 11.1 Å². The molecule has 0 heterocycles. The first-order valence-corrected chi connectivity index (χ1v) is 12.9.